The number of aryl methyl sites for hydroxylation is 1. The van der Waals surface area contributed by atoms with E-state index in [1.165, 1.54) is 11.1 Å². The molecule has 0 aliphatic carbocycles. The van der Waals surface area contributed by atoms with Crippen LogP contribution in [0.25, 0.3) is 0 Å². The molecular formula is C15H18ClN3. The molecule has 2 rings (SSSR count). The standard InChI is InChI=1S/C15H18ClN3/c1-9(2)15-18-13(16)8-14(19-15)17-12-7-5-6-10(3)11(12)4/h5-9H,1-4H3,(H,17,18,19). The molecule has 0 saturated heterocycles. The highest BCUT2D eigenvalue weighted by Gasteiger charge is 2.08. The van der Waals surface area contributed by atoms with Crippen molar-refractivity contribution in [2.24, 2.45) is 0 Å². The van der Waals surface area contributed by atoms with Gasteiger partial charge in [0, 0.05) is 17.7 Å². The summed E-state index contributed by atoms with van der Waals surface area (Å²) in [7, 11) is 0. The normalized spacial score (nSPS) is 10.8. The molecule has 0 aliphatic rings. The first kappa shape index (κ1) is 13.8. The van der Waals surface area contributed by atoms with Crippen LogP contribution in [-0.2, 0) is 0 Å². The molecule has 100 valence electrons. The SMILES string of the molecule is Cc1cccc(Nc2cc(Cl)nc(C(C)C)n2)c1C. The van der Waals surface area contributed by atoms with E-state index in [1.807, 2.05) is 26.0 Å². The van der Waals surface area contributed by atoms with Crippen molar-refractivity contribution in [3.8, 4) is 0 Å². The van der Waals surface area contributed by atoms with Crippen LogP contribution in [0.5, 0.6) is 0 Å². The molecule has 0 aliphatic heterocycles. The highest BCUT2D eigenvalue weighted by Crippen LogP contribution is 2.24. The number of benzene rings is 1. The van der Waals surface area contributed by atoms with Crippen molar-refractivity contribution in [2.75, 3.05) is 5.32 Å². The van der Waals surface area contributed by atoms with Crippen LogP contribution in [0.4, 0.5) is 11.5 Å². The van der Waals surface area contributed by atoms with E-state index in [0.717, 1.165) is 17.3 Å². The van der Waals surface area contributed by atoms with Gasteiger partial charge in [0.25, 0.3) is 0 Å². The number of aromatic nitrogens is 2. The third kappa shape index (κ3) is 3.24. The fraction of sp³-hybridized carbons (Fsp3) is 0.333. The molecule has 1 aromatic carbocycles. The maximum Gasteiger partial charge on any atom is 0.135 e. The Hall–Kier alpha value is -1.61. The highest BCUT2D eigenvalue weighted by molar-refractivity contribution is 6.29. The maximum absolute atomic E-state index is 6.04. The Kier molecular flexibility index (Phi) is 4.05. The Labute approximate surface area is 119 Å². The number of rotatable bonds is 3. The quantitative estimate of drug-likeness (QED) is 0.831. The summed E-state index contributed by atoms with van der Waals surface area (Å²) in [6.07, 6.45) is 0. The Bertz CT molecular complexity index is 594. The molecule has 0 amide bonds. The average Bonchev–Trinajstić information content (AvgIpc) is 2.34. The molecule has 0 radical (unpaired) electrons. The van der Waals surface area contributed by atoms with E-state index >= 15 is 0 Å². The fourth-order valence-corrected chi connectivity index (χ4v) is 1.97. The highest BCUT2D eigenvalue weighted by atomic mass is 35.5. The summed E-state index contributed by atoms with van der Waals surface area (Å²) in [5.41, 5.74) is 3.50. The van der Waals surface area contributed by atoms with Gasteiger partial charge in [0.05, 0.1) is 0 Å². The summed E-state index contributed by atoms with van der Waals surface area (Å²) in [6, 6.07) is 7.90. The molecule has 2 aromatic rings. The minimum Gasteiger partial charge on any atom is -0.340 e. The fourth-order valence-electron chi connectivity index (χ4n) is 1.78. The van der Waals surface area contributed by atoms with Crippen LogP contribution in [0.2, 0.25) is 5.15 Å². The first-order valence-corrected chi connectivity index (χ1v) is 6.73. The Morgan fingerprint density at radius 2 is 1.89 bits per heavy atom. The lowest BCUT2D eigenvalue weighted by Crippen LogP contribution is -2.03. The van der Waals surface area contributed by atoms with Crippen molar-refractivity contribution in [1.82, 2.24) is 9.97 Å². The molecule has 19 heavy (non-hydrogen) atoms. The Morgan fingerprint density at radius 3 is 2.58 bits per heavy atom. The van der Waals surface area contributed by atoms with Gasteiger partial charge in [-0.05, 0) is 31.0 Å². The van der Waals surface area contributed by atoms with Crippen molar-refractivity contribution in [1.29, 1.82) is 0 Å². The second-order valence-electron chi connectivity index (χ2n) is 4.96. The van der Waals surface area contributed by atoms with Crippen LogP contribution in [-0.4, -0.2) is 9.97 Å². The zero-order valence-electron chi connectivity index (χ0n) is 11.7. The summed E-state index contributed by atoms with van der Waals surface area (Å²) >= 11 is 6.04. The van der Waals surface area contributed by atoms with Crippen LogP contribution in [0.15, 0.2) is 24.3 Å². The van der Waals surface area contributed by atoms with E-state index < -0.39 is 0 Å². The summed E-state index contributed by atoms with van der Waals surface area (Å²) in [5.74, 6) is 1.73. The third-order valence-electron chi connectivity index (χ3n) is 3.10. The van der Waals surface area contributed by atoms with Crippen LogP contribution >= 0.6 is 11.6 Å². The zero-order valence-corrected chi connectivity index (χ0v) is 12.4. The van der Waals surface area contributed by atoms with Gasteiger partial charge in [-0.2, -0.15) is 0 Å². The molecule has 0 unspecified atom stereocenters. The number of hydrogen-bond acceptors (Lipinski definition) is 3. The van der Waals surface area contributed by atoms with Crippen LogP contribution in [0.3, 0.4) is 0 Å². The van der Waals surface area contributed by atoms with Crippen LogP contribution in [0.1, 0.15) is 36.7 Å². The van der Waals surface area contributed by atoms with E-state index in [2.05, 4.69) is 35.2 Å². The minimum absolute atomic E-state index is 0.248. The molecule has 3 nitrogen and oxygen atoms in total. The van der Waals surface area contributed by atoms with Crippen molar-refractivity contribution in [3.05, 3.63) is 46.4 Å². The zero-order chi connectivity index (χ0) is 14.0. The predicted molar refractivity (Wildman–Crippen MR) is 80.3 cm³/mol. The molecule has 1 N–H and O–H groups in total. The molecule has 4 heteroatoms. The molecule has 0 atom stereocenters. The second kappa shape index (κ2) is 5.57. The first-order valence-electron chi connectivity index (χ1n) is 6.35. The lowest BCUT2D eigenvalue weighted by molar-refractivity contribution is 0.776. The van der Waals surface area contributed by atoms with E-state index in [4.69, 9.17) is 11.6 Å². The smallest absolute Gasteiger partial charge is 0.135 e. The van der Waals surface area contributed by atoms with Gasteiger partial charge in [-0.3, -0.25) is 0 Å². The van der Waals surface area contributed by atoms with Crippen molar-refractivity contribution in [2.45, 2.75) is 33.6 Å². The van der Waals surface area contributed by atoms with Crippen molar-refractivity contribution in [3.63, 3.8) is 0 Å². The summed E-state index contributed by atoms with van der Waals surface area (Å²) in [4.78, 5) is 8.72. The maximum atomic E-state index is 6.04. The van der Waals surface area contributed by atoms with Crippen molar-refractivity contribution >= 4 is 23.1 Å². The summed E-state index contributed by atoms with van der Waals surface area (Å²) in [5, 5.41) is 3.78. The van der Waals surface area contributed by atoms with E-state index in [1.54, 1.807) is 6.07 Å². The summed E-state index contributed by atoms with van der Waals surface area (Å²) < 4.78 is 0. The largest absolute Gasteiger partial charge is 0.340 e. The molecule has 0 bridgehead atoms. The van der Waals surface area contributed by atoms with Gasteiger partial charge in [-0.25, -0.2) is 9.97 Å². The van der Waals surface area contributed by atoms with E-state index in [-0.39, 0.29) is 5.92 Å². The number of halogens is 1. The van der Waals surface area contributed by atoms with E-state index in [0.29, 0.717) is 5.15 Å². The number of hydrogen-bond donors (Lipinski definition) is 1. The van der Waals surface area contributed by atoms with Gasteiger partial charge in [-0.15, -0.1) is 0 Å². The summed E-state index contributed by atoms with van der Waals surface area (Å²) in [6.45, 7) is 8.28. The van der Waals surface area contributed by atoms with Gasteiger partial charge >= 0.3 is 0 Å². The van der Waals surface area contributed by atoms with Gasteiger partial charge < -0.3 is 5.32 Å². The number of anilines is 2. The van der Waals surface area contributed by atoms with Gasteiger partial charge in [0.1, 0.15) is 16.8 Å². The number of nitrogens with one attached hydrogen (secondary N) is 1. The minimum atomic E-state index is 0.248. The molecule has 1 heterocycles. The Balaban J connectivity index is 2.35. The van der Waals surface area contributed by atoms with Gasteiger partial charge in [0.2, 0.25) is 0 Å². The monoisotopic (exact) mass is 275 g/mol. The molecule has 0 fully saturated rings. The van der Waals surface area contributed by atoms with E-state index in [9.17, 15) is 0 Å². The molecule has 1 aromatic heterocycles. The third-order valence-corrected chi connectivity index (χ3v) is 3.29. The van der Waals surface area contributed by atoms with Crippen LogP contribution in [0, 0.1) is 13.8 Å². The Morgan fingerprint density at radius 1 is 1.16 bits per heavy atom. The van der Waals surface area contributed by atoms with Gasteiger partial charge in [0.15, 0.2) is 0 Å². The predicted octanol–water partition coefficient (Wildman–Crippen LogP) is 4.61. The molecule has 0 spiro atoms. The lowest BCUT2D eigenvalue weighted by atomic mass is 10.1. The second-order valence-corrected chi connectivity index (χ2v) is 5.35. The van der Waals surface area contributed by atoms with Crippen molar-refractivity contribution < 1.29 is 0 Å². The number of nitrogens with zero attached hydrogens (tertiary/aromatic N) is 2. The average molecular weight is 276 g/mol. The topological polar surface area (TPSA) is 37.8 Å². The molecule has 0 saturated carbocycles. The first-order chi connectivity index (χ1) is 8.97. The van der Waals surface area contributed by atoms with Gasteiger partial charge in [-0.1, -0.05) is 37.6 Å². The van der Waals surface area contributed by atoms with Crippen LogP contribution < -0.4 is 5.32 Å². The molecular weight excluding hydrogens is 258 g/mol. The lowest BCUT2D eigenvalue weighted by Gasteiger charge is -2.12.